The first kappa shape index (κ1) is 7.72. The molecule has 0 radical (unpaired) electrons. The topological polar surface area (TPSA) is 51.4 Å². The third-order valence-electron chi connectivity index (χ3n) is 1.41. The monoisotopic (exact) mass is 152 g/mol. The summed E-state index contributed by atoms with van der Waals surface area (Å²) < 4.78 is 0. The molecule has 1 heterocycles. The molecular formula is C8H10NO2+. The Bertz CT molecular complexity index is 233. The largest absolute Gasteiger partial charge is 0.481 e. The Kier molecular flexibility index (Phi) is 2.60. The molecule has 0 fully saturated rings. The highest BCUT2D eigenvalue weighted by molar-refractivity contribution is 5.67. The fraction of sp³-hybridized carbons (Fsp3) is 0.250. The van der Waals surface area contributed by atoms with E-state index in [0.29, 0.717) is 6.42 Å². The first-order chi connectivity index (χ1) is 5.29. The molecule has 0 bridgehead atoms. The van der Waals surface area contributed by atoms with Crippen molar-refractivity contribution in [2.45, 2.75) is 12.8 Å². The molecule has 0 aliphatic carbocycles. The van der Waals surface area contributed by atoms with E-state index in [1.54, 1.807) is 12.4 Å². The van der Waals surface area contributed by atoms with E-state index >= 15 is 0 Å². The minimum atomic E-state index is -0.752. The van der Waals surface area contributed by atoms with Crippen molar-refractivity contribution in [1.29, 1.82) is 0 Å². The van der Waals surface area contributed by atoms with Crippen LogP contribution in [0.3, 0.4) is 0 Å². The van der Waals surface area contributed by atoms with Gasteiger partial charge in [0.15, 0.2) is 12.4 Å². The number of aromatic nitrogens is 1. The molecule has 0 aromatic carbocycles. The van der Waals surface area contributed by atoms with Crippen LogP contribution >= 0.6 is 0 Å². The number of pyridine rings is 1. The lowest BCUT2D eigenvalue weighted by Crippen LogP contribution is -2.01. The Balaban J connectivity index is 2.45. The van der Waals surface area contributed by atoms with Gasteiger partial charge in [0.1, 0.15) is 0 Å². The molecule has 0 saturated heterocycles. The van der Waals surface area contributed by atoms with E-state index in [2.05, 4.69) is 4.98 Å². The van der Waals surface area contributed by atoms with Crippen molar-refractivity contribution >= 4 is 5.97 Å². The molecule has 0 amide bonds. The van der Waals surface area contributed by atoms with Crippen LogP contribution in [-0.2, 0) is 11.2 Å². The van der Waals surface area contributed by atoms with Crippen molar-refractivity contribution < 1.29 is 14.9 Å². The van der Waals surface area contributed by atoms with Crippen LogP contribution in [0.25, 0.3) is 0 Å². The summed E-state index contributed by atoms with van der Waals surface area (Å²) >= 11 is 0. The number of aliphatic carboxylic acids is 1. The van der Waals surface area contributed by atoms with Crippen molar-refractivity contribution in [1.82, 2.24) is 0 Å². The smallest absolute Gasteiger partial charge is 0.303 e. The Morgan fingerprint density at radius 1 is 1.45 bits per heavy atom. The standard InChI is InChI=1S/C8H9NO2/c10-8(11)2-1-7-3-5-9-6-4-7/h3-6H,1-2H2,(H,10,11)/p+1. The Morgan fingerprint density at radius 2 is 2.09 bits per heavy atom. The minimum Gasteiger partial charge on any atom is -0.481 e. The molecule has 0 atom stereocenters. The lowest BCUT2D eigenvalue weighted by molar-refractivity contribution is -0.378. The normalized spacial score (nSPS) is 9.45. The van der Waals surface area contributed by atoms with Gasteiger partial charge in [0.05, 0.1) is 0 Å². The highest BCUT2D eigenvalue weighted by Gasteiger charge is 1.98. The molecule has 0 unspecified atom stereocenters. The third kappa shape index (κ3) is 2.80. The maximum atomic E-state index is 10.2. The van der Waals surface area contributed by atoms with Crippen molar-refractivity contribution in [2.75, 3.05) is 0 Å². The number of aromatic amines is 1. The van der Waals surface area contributed by atoms with Gasteiger partial charge < -0.3 is 5.11 Å². The zero-order valence-electron chi connectivity index (χ0n) is 6.08. The molecule has 11 heavy (non-hydrogen) atoms. The predicted molar refractivity (Wildman–Crippen MR) is 39.0 cm³/mol. The van der Waals surface area contributed by atoms with Gasteiger partial charge >= 0.3 is 5.97 Å². The van der Waals surface area contributed by atoms with Crippen LogP contribution in [0.15, 0.2) is 24.5 Å². The van der Waals surface area contributed by atoms with E-state index in [1.165, 1.54) is 0 Å². The Hall–Kier alpha value is -1.38. The molecule has 1 aromatic heterocycles. The van der Waals surface area contributed by atoms with E-state index in [-0.39, 0.29) is 6.42 Å². The summed E-state index contributed by atoms with van der Waals surface area (Å²) in [6.45, 7) is 0. The van der Waals surface area contributed by atoms with Gasteiger partial charge in [0.2, 0.25) is 0 Å². The van der Waals surface area contributed by atoms with Crippen molar-refractivity contribution in [2.24, 2.45) is 0 Å². The fourth-order valence-electron chi connectivity index (χ4n) is 0.839. The summed E-state index contributed by atoms with van der Waals surface area (Å²) in [6.07, 6.45) is 4.38. The molecule has 2 N–H and O–H groups in total. The quantitative estimate of drug-likeness (QED) is 0.686. The lowest BCUT2D eigenvalue weighted by Gasteiger charge is -1.92. The van der Waals surface area contributed by atoms with Gasteiger partial charge in [-0.2, -0.15) is 0 Å². The average Bonchev–Trinajstić information content (AvgIpc) is 2.03. The SMILES string of the molecule is O=C(O)CCc1cc[nH+]cc1. The second kappa shape index (κ2) is 3.71. The number of rotatable bonds is 3. The number of aryl methyl sites for hydroxylation is 1. The molecule has 0 spiro atoms. The van der Waals surface area contributed by atoms with Gasteiger partial charge in [0.25, 0.3) is 0 Å². The number of hydrogen-bond acceptors (Lipinski definition) is 1. The number of carboxylic acid groups (broad SMARTS) is 1. The molecule has 0 aliphatic heterocycles. The first-order valence-electron chi connectivity index (χ1n) is 3.46. The van der Waals surface area contributed by atoms with Gasteiger partial charge in [-0.15, -0.1) is 0 Å². The van der Waals surface area contributed by atoms with Crippen LogP contribution < -0.4 is 4.98 Å². The van der Waals surface area contributed by atoms with Gasteiger partial charge in [-0.25, -0.2) is 4.98 Å². The maximum absolute atomic E-state index is 10.2. The van der Waals surface area contributed by atoms with Crippen LogP contribution in [-0.4, -0.2) is 11.1 Å². The van der Waals surface area contributed by atoms with Gasteiger partial charge in [0, 0.05) is 18.6 Å². The highest BCUT2D eigenvalue weighted by Crippen LogP contribution is 1.98. The Labute approximate surface area is 64.7 Å². The predicted octanol–water partition coefficient (Wildman–Crippen LogP) is 0.518. The number of carboxylic acids is 1. The maximum Gasteiger partial charge on any atom is 0.303 e. The van der Waals surface area contributed by atoms with E-state index < -0.39 is 5.97 Å². The summed E-state index contributed by atoms with van der Waals surface area (Å²) in [6, 6.07) is 3.76. The van der Waals surface area contributed by atoms with E-state index in [9.17, 15) is 4.79 Å². The van der Waals surface area contributed by atoms with Gasteiger partial charge in [-0.1, -0.05) is 0 Å². The summed E-state index contributed by atoms with van der Waals surface area (Å²) in [5.74, 6) is -0.752. The van der Waals surface area contributed by atoms with Crippen LogP contribution in [0.2, 0.25) is 0 Å². The van der Waals surface area contributed by atoms with Crippen LogP contribution in [0.1, 0.15) is 12.0 Å². The molecule has 0 saturated carbocycles. The van der Waals surface area contributed by atoms with Crippen molar-refractivity contribution in [3.8, 4) is 0 Å². The lowest BCUT2D eigenvalue weighted by atomic mass is 10.1. The van der Waals surface area contributed by atoms with E-state index in [4.69, 9.17) is 5.11 Å². The summed E-state index contributed by atoms with van der Waals surface area (Å²) in [5, 5.41) is 8.37. The molecule has 0 aliphatic rings. The zero-order valence-corrected chi connectivity index (χ0v) is 6.08. The second-order valence-electron chi connectivity index (χ2n) is 2.30. The summed E-state index contributed by atoms with van der Waals surface area (Å²) in [7, 11) is 0. The summed E-state index contributed by atoms with van der Waals surface area (Å²) in [4.78, 5) is 13.0. The fourth-order valence-corrected chi connectivity index (χ4v) is 0.839. The molecule has 1 aromatic rings. The number of nitrogens with one attached hydrogen (secondary N) is 1. The number of carbonyl (C=O) groups is 1. The second-order valence-corrected chi connectivity index (χ2v) is 2.30. The molecule has 58 valence electrons. The first-order valence-corrected chi connectivity index (χ1v) is 3.46. The van der Waals surface area contributed by atoms with Gasteiger partial charge in [-0.3, -0.25) is 4.79 Å². The summed E-state index contributed by atoms with van der Waals surface area (Å²) in [5.41, 5.74) is 1.05. The number of H-pyrrole nitrogens is 1. The van der Waals surface area contributed by atoms with E-state index in [0.717, 1.165) is 5.56 Å². The van der Waals surface area contributed by atoms with Crippen molar-refractivity contribution in [3.05, 3.63) is 30.1 Å². The Morgan fingerprint density at radius 3 is 2.64 bits per heavy atom. The molecule has 3 heteroatoms. The van der Waals surface area contributed by atoms with Gasteiger partial charge in [-0.05, 0) is 12.0 Å². The molecule has 3 nitrogen and oxygen atoms in total. The highest BCUT2D eigenvalue weighted by atomic mass is 16.4. The van der Waals surface area contributed by atoms with Crippen LogP contribution in [0.4, 0.5) is 0 Å². The number of hydrogen-bond donors (Lipinski definition) is 1. The minimum absolute atomic E-state index is 0.198. The molecular weight excluding hydrogens is 142 g/mol. The third-order valence-corrected chi connectivity index (χ3v) is 1.41. The van der Waals surface area contributed by atoms with Crippen molar-refractivity contribution in [3.63, 3.8) is 0 Å². The van der Waals surface area contributed by atoms with Crippen LogP contribution in [0.5, 0.6) is 0 Å². The van der Waals surface area contributed by atoms with Crippen LogP contribution in [0, 0.1) is 0 Å². The average molecular weight is 152 g/mol. The zero-order chi connectivity index (χ0) is 8.10. The molecule has 1 rings (SSSR count). The van der Waals surface area contributed by atoms with E-state index in [1.807, 2.05) is 12.1 Å².